The second-order valence-corrected chi connectivity index (χ2v) is 4.15. The van der Waals surface area contributed by atoms with Crippen LogP contribution in [-0.4, -0.2) is 0 Å². The molecule has 2 aromatic carbocycles. The second kappa shape index (κ2) is 4.63. The average Bonchev–Trinajstić information content (AvgIpc) is 2.30. The lowest BCUT2D eigenvalue weighted by molar-refractivity contribution is 1.32. The predicted octanol–water partition coefficient (Wildman–Crippen LogP) is 4.56. The van der Waals surface area contributed by atoms with Gasteiger partial charge in [-0.25, -0.2) is 0 Å². The fraction of sp³-hybridized carbons (Fsp3) is 0.143. The van der Waals surface area contributed by atoms with Crippen molar-refractivity contribution in [3.63, 3.8) is 0 Å². The first-order valence-electron chi connectivity index (χ1n) is 5.03. The van der Waals surface area contributed by atoms with Crippen LogP contribution < -0.4 is 0 Å². The number of hydrogen-bond acceptors (Lipinski definition) is 0. The summed E-state index contributed by atoms with van der Waals surface area (Å²) in [6, 6.07) is 17.0. The Kier molecular flexibility index (Phi) is 3.22. The minimum Gasteiger partial charge on any atom is -0.0876 e. The Hall–Kier alpha value is -1.08. The van der Waals surface area contributed by atoms with E-state index < -0.39 is 0 Å². The molecule has 0 N–H and O–H groups in total. The summed E-state index contributed by atoms with van der Waals surface area (Å²) in [5.41, 5.74) is 5.34. The van der Waals surface area contributed by atoms with Gasteiger partial charge in [0.1, 0.15) is 0 Å². The molecule has 0 atom stereocenters. The molecule has 0 spiro atoms. The van der Waals surface area contributed by atoms with Gasteiger partial charge >= 0.3 is 0 Å². The van der Waals surface area contributed by atoms with Crippen molar-refractivity contribution in [2.45, 2.75) is 12.3 Å². The van der Waals surface area contributed by atoms with Gasteiger partial charge in [0, 0.05) is 5.33 Å². The summed E-state index contributed by atoms with van der Waals surface area (Å²) in [7, 11) is 0. The predicted molar refractivity (Wildman–Crippen MR) is 69.2 cm³/mol. The number of halogens is 1. The summed E-state index contributed by atoms with van der Waals surface area (Å²) in [5.74, 6) is 0. The van der Waals surface area contributed by atoms with Gasteiger partial charge in [-0.1, -0.05) is 64.5 Å². The van der Waals surface area contributed by atoms with Crippen molar-refractivity contribution >= 4 is 15.9 Å². The summed E-state index contributed by atoms with van der Waals surface area (Å²) in [6.45, 7) is 2.18. The number of hydrogen-bond donors (Lipinski definition) is 0. The molecule has 0 unspecified atom stereocenters. The zero-order valence-corrected chi connectivity index (χ0v) is 10.3. The van der Waals surface area contributed by atoms with Crippen LogP contribution in [0.25, 0.3) is 11.1 Å². The van der Waals surface area contributed by atoms with E-state index in [-0.39, 0.29) is 0 Å². The van der Waals surface area contributed by atoms with E-state index in [0.717, 1.165) is 5.33 Å². The van der Waals surface area contributed by atoms with Crippen LogP contribution in [0.1, 0.15) is 11.1 Å². The molecule has 0 nitrogen and oxygen atoms in total. The molecule has 0 aliphatic carbocycles. The van der Waals surface area contributed by atoms with E-state index in [0.29, 0.717) is 0 Å². The molecule has 0 bridgehead atoms. The first-order chi connectivity index (χ1) is 7.33. The highest BCUT2D eigenvalue weighted by Gasteiger charge is 2.03. The van der Waals surface area contributed by atoms with Crippen molar-refractivity contribution in [3.8, 4) is 11.1 Å². The van der Waals surface area contributed by atoms with Gasteiger partial charge in [-0.15, -0.1) is 0 Å². The Morgan fingerprint density at radius 2 is 1.67 bits per heavy atom. The Morgan fingerprint density at radius 3 is 2.33 bits per heavy atom. The number of benzene rings is 2. The van der Waals surface area contributed by atoms with Gasteiger partial charge in [-0.05, 0) is 29.2 Å². The van der Waals surface area contributed by atoms with Crippen LogP contribution in [0.5, 0.6) is 0 Å². The lowest BCUT2D eigenvalue weighted by atomic mass is 9.97. The minimum absolute atomic E-state index is 0.916. The molecular formula is C14H13Br. The monoisotopic (exact) mass is 260 g/mol. The molecule has 0 fully saturated rings. The fourth-order valence-corrected chi connectivity index (χ4v) is 2.37. The van der Waals surface area contributed by atoms with Gasteiger partial charge in [-0.3, -0.25) is 0 Å². The summed E-state index contributed by atoms with van der Waals surface area (Å²) in [6.07, 6.45) is 0. The van der Waals surface area contributed by atoms with Crippen molar-refractivity contribution in [1.82, 2.24) is 0 Å². The van der Waals surface area contributed by atoms with Gasteiger partial charge in [-0.2, -0.15) is 0 Å². The lowest BCUT2D eigenvalue weighted by Gasteiger charge is -2.09. The summed E-state index contributed by atoms with van der Waals surface area (Å²) < 4.78 is 0. The lowest BCUT2D eigenvalue weighted by Crippen LogP contribution is -1.88. The quantitative estimate of drug-likeness (QED) is 0.695. The molecule has 0 aromatic heterocycles. The largest absolute Gasteiger partial charge is 0.0876 e. The number of rotatable bonds is 2. The maximum absolute atomic E-state index is 3.52. The molecule has 0 heterocycles. The molecule has 0 saturated heterocycles. The third kappa shape index (κ3) is 2.13. The molecule has 0 aliphatic heterocycles. The Labute approximate surface area is 99.1 Å². The summed E-state index contributed by atoms with van der Waals surface area (Å²) >= 11 is 3.52. The van der Waals surface area contributed by atoms with Crippen molar-refractivity contribution in [1.29, 1.82) is 0 Å². The van der Waals surface area contributed by atoms with Gasteiger partial charge in [0.05, 0.1) is 0 Å². The van der Waals surface area contributed by atoms with Gasteiger partial charge in [0.25, 0.3) is 0 Å². The van der Waals surface area contributed by atoms with E-state index in [1.54, 1.807) is 0 Å². The van der Waals surface area contributed by atoms with Crippen LogP contribution in [0, 0.1) is 6.92 Å². The van der Waals surface area contributed by atoms with Crippen LogP contribution in [0.3, 0.4) is 0 Å². The summed E-state index contributed by atoms with van der Waals surface area (Å²) in [5, 5.41) is 0.916. The molecule has 2 aromatic rings. The van der Waals surface area contributed by atoms with E-state index in [4.69, 9.17) is 0 Å². The van der Waals surface area contributed by atoms with E-state index in [9.17, 15) is 0 Å². The topological polar surface area (TPSA) is 0 Å². The maximum Gasteiger partial charge on any atom is 0.0285 e. The molecule has 15 heavy (non-hydrogen) atoms. The van der Waals surface area contributed by atoms with Gasteiger partial charge < -0.3 is 0 Å². The Morgan fingerprint density at radius 1 is 0.933 bits per heavy atom. The van der Waals surface area contributed by atoms with Gasteiger partial charge in [0.15, 0.2) is 0 Å². The van der Waals surface area contributed by atoms with Crippen LogP contribution in [-0.2, 0) is 5.33 Å². The van der Waals surface area contributed by atoms with E-state index >= 15 is 0 Å². The molecule has 0 amide bonds. The molecule has 0 saturated carbocycles. The molecule has 1 heteroatoms. The van der Waals surface area contributed by atoms with Crippen molar-refractivity contribution in [3.05, 3.63) is 59.7 Å². The van der Waals surface area contributed by atoms with E-state index in [1.807, 2.05) is 6.07 Å². The van der Waals surface area contributed by atoms with Gasteiger partial charge in [0.2, 0.25) is 0 Å². The van der Waals surface area contributed by atoms with Crippen molar-refractivity contribution in [2.24, 2.45) is 0 Å². The first kappa shape index (κ1) is 10.4. The molecule has 0 aliphatic rings. The third-order valence-corrected chi connectivity index (χ3v) is 3.28. The zero-order chi connectivity index (χ0) is 10.7. The second-order valence-electron chi connectivity index (χ2n) is 3.59. The smallest absolute Gasteiger partial charge is 0.0285 e. The summed E-state index contributed by atoms with van der Waals surface area (Å²) in [4.78, 5) is 0. The highest BCUT2D eigenvalue weighted by molar-refractivity contribution is 9.08. The minimum atomic E-state index is 0.916. The Balaban J connectivity index is 2.54. The van der Waals surface area contributed by atoms with Crippen LogP contribution in [0.4, 0.5) is 0 Å². The van der Waals surface area contributed by atoms with Crippen LogP contribution >= 0.6 is 15.9 Å². The normalized spacial score (nSPS) is 10.3. The van der Waals surface area contributed by atoms with Crippen molar-refractivity contribution < 1.29 is 0 Å². The zero-order valence-electron chi connectivity index (χ0n) is 8.70. The molecular weight excluding hydrogens is 248 g/mol. The molecule has 0 radical (unpaired) electrons. The highest BCUT2D eigenvalue weighted by atomic mass is 79.9. The molecule has 76 valence electrons. The first-order valence-corrected chi connectivity index (χ1v) is 6.15. The SMILES string of the molecule is Cc1c(CBr)cccc1-c1ccccc1. The average molecular weight is 261 g/mol. The van der Waals surface area contributed by atoms with Crippen LogP contribution in [0.2, 0.25) is 0 Å². The molecule has 2 rings (SSSR count). The highest BCUT2D eigenvalue weighted by Crippen LogP contribution is 2.26. The van der Waals surface area contributed by atoms with Crippen LogP contribution in [0.15, 0.2) is 48.5 Å². The number of alkyl halides is 1. The standard InChI is InChI=1S/C14H13Br/c1-11-13(10-15)8-5-9-14(11)12-6-3-2-4-7-12/h2-9H,10H2,1H3. The maximum atomic E-state index is 3.52. The van der Waals surface area contributed by atoms with Crippen molar-refractivity contribution in [2.75, 3.05) is 0 Å². The fourth-order valence-electron chi connectivity index (χ4n) is 1.76. The van der Waals surface area contributed by atoms with E-state index in [1.165, 1.54) is 22.3 Å². The third-order valence-electron chi connectivity index (χ3n) is 2.67. The van der Waals surface area contributed by atoms with E-state index in [2.05, 4.69) is 65.3 Å². The Bertz CT molecular complexity index is 446.